The van der Waals surface area contributed by atoms with Crippen LogP contribution in [0.1, 0.15) is 38.3 Å². The first kappa shape index (κ1) is 15.9. The molecule has 1 aliphatic rings. The quantitative estimate of drug-likeness (QED) is 0.832. The van der Waals surface area contributed by atoms with Gasteiger partial charge >= 0.3 is 0 Å². The van der Waals surface area contributed by atoms with Crippen molar-refractivity contribution in [2.45, 2.75) is 32.7 Å². The largest absolute Gasteiger partial charge is 0.335 e. The Hall–Kier alpha value is -1.43. The molecule has 0 spiro atoms. The smallest absolute Gasteiger partial charge is 0.238 e. The molecule has 1 amide bonds. The lowest BCUT2D eigenvalue weighted by atomic mass is 10.1. The molecule has 0 aliphatic carbocycles. The molecule has 2 heterocycles. The maximum absolute atomic E-state index is 12.4. The molecule has 1 aliphatic heterocycles. The summed E-state index contributed by atoms with van der Waals surface area (Å²) in [6, 6.07) is 3.76. The second kappa shape index (κ2) is 6.56. The monoisotopic (exact) mass is 310 g/mol. The minimum Gasteiger partial charge on any atom is -0.335 e. The van der Waals surface area contributed by atoms with E-state index in [1.165, 1.54) is 0 Å². The average molecular weight is 310 g/mol. The van der Waals surface area contributed by atoms with Crippen LogP contribution in [0, 0.1) is 5.92 Å². The Morgan fingerprint density at radius 2 is 2.05 bits per heavy atom. The lowest BCUT2D eigenvalue weighted by molar-refractivity contribution is -0.129. The number of aromatic nitrogens is 1. The van der Waals surface area contributed by atoms with Crippen LogP contribution in [-0.4, -0.2) is 42.3 Å². The number of carbonyl (C=O) groups is 1. The highest BCUT2D eigenvalue weighted by Crippen LogP contribution is 2.31. The van der Waals surface area contributed by atoms with Gasteiger partial charge in [0.25, 0.3) is 0 Å². The molecule has 1 unspecified atom stereocenters. The summed E-state index contributed by atoms with van der Waals surface area (Å²) in [5, 5.41) is 0. The highest BCUT2D eigenvalue weighted by molar-refractivity contribution is 7.92. The summed E-state index contributed by atoms with van der Waals surface area (Å²) >= 11 is 0. The lowest BCUT2D eigenvalue weighted by Crippen LogP contribution is -2.36. The van der Waals surface area contributed by atoms with Crippen LogP contribution in [0.2, 0.25) is 0 Å². The van der Waals surface area contributed by atoms with Gasteiger partial charge < -0.3 is 4.90 Å². The molecule has 6 heteroatoms. The van der Waals surface area contributed by atoms with Crippen molar-refractivity contribution in [3.8, 4) is 0 Å². The molecule has 0 radical (unpaired) electrons. The number of hydrogen-bond acceptors (Lipinski definition) is 4. The van der Waals surface area contributed by atoms with Crippen LogP contribution >= 0.6 is 0 Å². The number of sulfone groups is 1. The van der Waals surface area contributed by atoms with Crippen LogP contribution in [0.3, 0.4) is 0 Å². The van der Waals surface area contributed by atoms with Gasteiger partial charge in [-0.2, -0.15) is 0 Å². The topological polar surface area (TPSA) is 67.3 Å². The summed E-state index contributed by atoms with van der Waals surface area (Å²) in [6.07, 6.45) is 5.18. The van der Waals surface area contributed by atoms with Gasteiger partial charge in [-0.3, -0.25) is 9.78 Å². The summed E-state index contributed by atoms with van der Waals surface area (Å²) in [4.78, 5) is 18.0. The minimum atomic E-state index is -3.33. The van der Waals surface area contributed by atoms with Gasteiger partial charge in [-0.1, -0.05) is 13.8 Å². The summed E-state index contributed by atoms with van der Waals surface area (Å²) in [6.45, 7) is 4.32. The molecule has 2 rings (SSSR count). The average Bonchev–Trinajstić information content (AvgIpc) is 2.86. The number of amides is 1. The third-order valence-electron chi connectivity index (χ3n) is 3.59. The Bertz CT molecular complexity index is 584. The van der Waals surface area contributed by atoms with E-state index in [1.54, 1.807) is 17.3 Å². The zero-order valence-corrected chi connectivity index (χ0v) is 13.3. The van der Waals surface area contributed by atoms with Crippen molar-refractivity contribution >= 4 is 15.7 Å². The minimum absolute atomic E-state index is 0.0188. The first-order valence-corrected chi connectivity index (χ1v) is 9.11. The fraction of sp³-hybridized carbons (Fsp3) is 0.600. The van der Waals surface area contributed by atoms with E-state index < -0.39 is 9.84 Å². The third-order valence-corrected chi connectivity index (χ3v) is 5.46. The van der Waals surface area contributed by atoms with Crippen LogP contribution in [-0.2, 0) is 14.6 Å². The summed E-state index contributed by atoms with van der Waals surface area (Å²) in [7, 11) is -3.33. The molecular weight excluding hydrogens is 288 g/mol. The van der Waals surface area contributed by atoms with E-state index in [0.29, 0.717) is 6.54 Å². The molecule has 116 valence electrons. The van der Waals surface area contributed by atoms with Crippen molar-refractivity contribution < 1.29 is 13.2 Å². The van der Waals surface area contributed by atoms with Gasteiger partial charge in [0, 0.05) is 18.9 Å². The Morgan fingerprint density at radius 3 is 2.67 bits per heavy atom. The summed E-state index contributed by atoms with van der Waals surface area (Å²) in [5.74, 6) is -0.563. The fourth-order valence-electron chi connectivity index (χ4n) is 2.84. The number of rotatable bonds is 5. The van der Waals surface area contributed by atoms with Crippen molar-refractivity contribution in [2.75, 3.05) is 18.1 Å². The molecule has 0 aromatic carbocycles. The van der Waals surface area contributed by atoms with Gasteiger partial charge in [0.1, 0.15) is 5.75 Å². The number of hydrogen-bond donors (Lipinski definition) is 0. The van der Waals surface area contributed by atoms with Crippen LogP contribution in [0.4, 0.5) is 0 Å². The van der Waals surface area contributed by atoms with Crippen molar-refractivity contribution in [1.29, 1.82) is 0 Å². The molecule has 21 heavy (non-hydrogen) atoms. The molecule has 1 saturated heterocycles. The maximum Gasteiger partial charge on any atom is 0.238 e. The standard InChI is InChI=1S/C15H22N2O3S/c1-12(2)10-21(19,20)11-15(18)17-9-3-4-14(17)13-5-7-16-8-6-13/h5-8,12,14H,3-4,9-11H2,1-2H3. The van der Waals surface area contributed by atoms with Crippen LogP contribution < -0.4 is 0 Å². The van der Waals surface area contributed by atoms with Crippen LogP contribution in [0.25, 0.3) is 0 Å². The highest BCUT2D eigenvalue weighted by atomic mass is 32.2. The van der Waals surface area contributed by atoms with Gasteiger partial charge in [0.2, 0.25) is 5.91 Å². The highest BCUT2D eigenvalue weighted by Gasteiger charge is 2.32. The van der Waals surface area contributed by atoms with Gasteiger partial charge in [0.05, 0.1) is 11.8 Å². The molecule has 1 atom stereocenters. The van der Waals surface area contributed by atoms with Crippen molar-refractivity contribution in [3.63, 3.8) is 0 Å². The second-order valence-electron chi connectivity index (χ2n) is 5.97. The SMILES string of the molecule is CC(C)CS(=O)(=O)CC(=O)N1CCCC1c1ccncc1. The number of nitrogens with zero attached hydrogens (tertiary/aromatic N) is 2. The first-order chi connectivity index (χ1) is 9.89. The summed E-state index contributed by atoms with van der Waals surface area (Å²) < 4.78 is 24.0. The van der Waals surface area contributed by atoms with E-state index in [0.717, 1.165) is 18.4 Å². The van der Waals surface area contributed by atoms with E-state index in [4.69, 9.17) is 0 Å². The molecule has 1 aromatic heterocycles. The zero-order chi connectivity index (χ0) is 15.5. The third kappa shape index (κ3) is 4.27. The molecular formula is C15H22N2O3S. The normalized spacial score (nSPS) is 19.2. The van der Waals surface area contributed by atoms with E-state index in [1.807, 2.05) is 26.0 Å². The first-order valence-electron chi connectivity index (χ1n) is 7.29. The number of likely N-dealkylation sites (tertiary alicyclic amines) is 1. The molecule has 1 fully saturated rings. The Kier molecular flexibility index (Phi) is 4.98. The van der Waals surface area contributed by atoms with Crippen molar-refractivity contribution in [3.05, 3.63) is 30.1 Å². The van der Waals surface area contributed by atoms with Gasteiger partial charge in [-0.15, -0.1) is 0 Å². The number of pyridine rings is 1. The van der Waals surface area contributed by atoms with Gasteiger partial charge in [-0.05, 0) is 36.5 Å². The van der Waals surface area contributed by atoms with E-state index >= 15 is 0 Å². The lowest BCUT2D eigenvalue weighted by Gasteiger charge is -2.25. The van der Waals surface area contributed by atoms with E-state index in [9.17, 15) is 13.2 Å². The molecule has 0 saturated carbocycles. The Morgan fingerprint density at radius 1 is 1.38 bits per heavy atom. The predicted molar refractivity (Wildman–Crippen MR) is 81.4 cm³/mol. The zero-order valence-electron chi connectivity index (χ0n) is 12.5. The molecule has 0 bridgehead atoms. The van der Waals surface area contributed by atoms with Crippen molar-refractivity contribution in [2.24, 2.45) is 5.92 Å². The van der Waals surface area contributed by atoms with E-state index in [2.05, 4.69) is 4.98 Å². The summed E-state index contributed by atoms with van der Waals surface area (Å²) in [5.41, 5.74) is 1.03. The Balaban J connectivity index is 2.08. The van der Waals surface area contributed by atoms with Gasteiger partial charge in [0.15, 0.2) is 9.84 Å². The maximum atomic E-state index is 12.4. The van der Waals surface area contributed by atoms with Crippen LogP contribution in [0.15, 0.2) is 24.5 Å². The number of carbonyl (C=O) groups excluding carboxylic acids is 1. The Labute approximate surface area is 126 Å². The van der Waals surface area contributed by atoms with E-state index in [-0.39, 0.29) is 29.4 Å². The molecule has 0 N–H and O–H groups in total. The molecule has 5 nitrogen and oxygen atoms in total. The predicted octanol–water partition coefficient (Wildman–Crippen LogP) is 1.82. The molecule has 1 aromatic rings. The second-order valence-corrected chi connectivity index (χ2v) is 8.08. The van der Waals surface area contributed by atoms with Crippen molar-refractivity contribution in [1.82, 2.24) is 9.88 Å². The van der Waals surface area contributed by atoms with Gasteiger partial charge in [-0.25, -0.2) is 8.42 Å². The fourth-order valence-corrected chi connectivity index (χ4v) is 4.51. The van der Waals surface area contributed by atoms with Crippen LogP contribution in [0.5, 0.6) is 0 Å².